The Bertz CT molecular complexity index is 470. The molecule has 1 aromatic rings. The van der Waals surface area contributed by atoms with Crippen LogP contribution in [0.4, 0.5) is 5.69 Å². The van der Waals surface area contributed by atoms with Gasteiger partial charge in [-0.2, -0.15) is 0 Å². The molecular formula is C15H22N2O3. The fourth-order valence-electron chi connectivity index (χ4n) is 2.47. The molecule has 1 fully saturated rings. The van der Waals surface area contributed by atoms with Crippen molar-refractivity contribution in [2.75, 3.05) is 32.5 Å². The van der Waals surface area contributed by atoms with Crippen molar-refractivity contribution in [2.45, 2.75) is 25.9 Å². The fourth-order valence-corrected chi connectivity index (χ4v) is 2.47. The molecule has 0 saturated carbocycles. The van der Waals surface area contributed by atoms with E-state index in [2.05, 4.69) is 0 Å². The van der Waals surface area contributed by atoms with Crippen LogP contribution >= 0.6 is 0 Å². The summed E-state index contributed by atoms with van der Waals surface area (Å²) in [4.78, 5) is 14.4. The van der Waals surface area contributed by atoms with Crippen LogP contribution in [0.15, 0.2) is 18.2 Å². The van der Waals surface area contributed by atoms with Crippen LogP contribution in [0.25, 0.3) is 0 Å². The van der Waals surface area contributed by atoms with Gasteiger partial charge in [0.1, 0.15) is 5.75 Å². The molecule has 1 aliphatic rings. The molecule has 1 atom stereocenters. The fraction of sp³-hybridized carbons (Fsp3) is 0.533. The smallest absolute Gasteiger partial charge is 0.256 e. The van der Waals surface area contributed by atoms with E-state index in [-0.39, 0.29) is 12.0 Å². The maximum atomic E-state index is 12.6. The number of nitrogen functional groups attached to an aromatic ring is 1. The van der Waals surface area contributed by atoms with Crippen LogP contribution in [-0.4, -0.2) is 43.7 Å². The summed E-state index contributed by atoms with van der Waals surface area (Å²) in [6, 6.07) is 5.27. The summed E-state index contributed by atoms with van der Waals surface area (Å²) in [5, 5.41) is 0. The number of nitrogens with zero attached hydrogens (tertiary/aromatic N) is 1. The van der Waals surface area contributed by atoms with E-state index >= 15 is 0 Å². The molecule has 1 amide bonds. The van der Waals surface area contributed by atoms with Crippen molar-refractivity contribution < 1.29 is 14.3 Å². The SMILES string of the molecule is CCN(CC1CCCO1)C(=O)c1cccc(OC)c1N. The number of nitrogens with two attached hydrogens (primary N) is 1. The average Bonchev–Trinajstić information content (AvgIpc) is 2.97. The lowest BCUT2D eigenvalue weighted by Gasteiger charge is -2.24. The minimum Gasteiger partial charge on any atom is -0.495 e. The minimum atomic E-state index is -0.0700. The van der Waals surface area contributed by atoms with Gasteiger partial charge in [-0.1, -0.05) is 6.07 Å². The molecule has 2 rings (SSSR count). The third kappa shape index (κ3) is 3.04. The number of ether oxygens (including phenoxy) is 2. The Morgan fingerprint density at radius 2 is 2.35 bits per heavy atom. The predicted molar refractivity (Wildman–Crippen MR) is 78.0 cm³/mol. The molecule has 1 heterocycles. The summed E-state index contributed by atoms with van der Waals surface area (Å²) in [7, 11) is 1.55. The summed E-state index contributed by atoms with van der Waals surface area (Å²) in [5.74, 6) is 0.461. The van der Waals surface area contributed by atoms with E-state index in [0.717, 1.165) is 19.4 Å². The Balaban J connectivity index is 2.15. The van der Waals surface area contributed by atoms with Gasteiger partial charge in [0.05, 0.1) is 24.5 Å². The molecule has 110 valence electrons. The van der Waals surface area contributed by atoms with Crippen molar-refractivity contribution in [2.24, 2.45) is 0 Å². The molecule has 0 aliphatic carbocycles. The van der Waals surface area contributed by atoms with Gasteiger partial charge in [0.15, 0.2) is 0 Å². The Kier molecular flexibility index (Phi) is 4.84. The summed E-state index contributed by atoms with van der Waals surface area (Å²) < 4.78 is 10.8. The molecule has 1 saturated heterocycles. The van der Waals surface area contributed by atoms with Crippen LogP contribution < -0.4 is 10.5 Å². The number of benzene rings is 1. The summed E-state index contributed by atoms with van der Waals surface area (Å²) >= 11 is 0. The standard InChI is InChI=1S/C15H22N2O3/c1-3-17(10-11-6-5-9-20-11)15(18)12-7-4-8-13(19-2)14(12)16/h4,7-8,11H,3,5-6,9-10,16H2,1-2H3. The summed E-state index contributed by atoms with van der Waals surface area (Å²) in [6.45, 7) is 4.00. The number of amides is 1. The Labute approximate surface area is 119 Å². The molecule has 0 radical (unpaired) electrons. The van der Waals surface area contributed by atoms with E-state index in [1.165, 1.54) is 0 Å². The molecule has 1 aromatic carbocycles. The zero-order valence-corrected chi connectivity index (χ0v) is 12.1. The van der Waals surface area contributed by atoms with Crippen LogP contribution in [0.1, 0.15) is 30.1 Å². The molecule has 0 bridgehead atoms. The van der Waals surface area contributed by atoms with Crippen molar-refractivity contribution in [3.63, 3.8) is 0 Å². The second-order valence-electron chi connectivity index (χ2n) is 4.90. The van der Waals surface area contributed by atoms with E-state index < -0.39 is 0 Å². The van der Waals surface area contributed by atoms with Gasteiger partial charge < -0.3 is 20.1 Å². The first-order chi connectivity index (χ1) is 9.67. The first-order valence-corrected chi connectivity index (χ1v) is 7.00. The average molecular weight is 278 g/mol. The van der Waals surface area contributed by atoms with Crippen molar-refractivity contribution in [1.82, 2.24) is 4.90 Å². The lowest BCUT2D eigenvalue weighted by atomic mass is 10.1. The lowest BCUT2D eigenvalue weighted by Crippen LogP contribution is -2.37. The van der Waals surface area contributed by atoms with Crippen molar-refractivity contribution in [3.8, 4) is 5.75 Å². The van der Waals surface area contributed by atoms with E-state index in [0.29, 0.717) is 30.1 Å². The third-order valence-electron chi connectivity index (χ3n) is 3.63. The van der Waals surface area contributed by atoms with Gasteiger partial charge in [-0.25, -0.2) is 0 Å². The molecule has 5 nitrogen and oxygen atoms in total. The lowest BCUT2D eigenvalue weighted by molar-refractivity contribution is 0.0540. The maximum Gasteiger partial charge on any atom is 0.256 e. The highest BCUT2D eigenvalue weighted by molar-refractivity contribution is 6.00. The molecule has 1 unspecified atom stereocenters. The van der Waals surface area contributed by atoms with Crippen molar-refractivity contribution >= 4 is 11.6 Å². The summed E-state index contributed by atoms with van der Waals surface area (Å²) in [6.07, 6.45) is 2.22. The largest absolute Gasteiger partial charge is 0.495 e. The quantitative estimate of drug-likeness (QED) is 0.836. The van der Waals surface area contributed by atoms with Gasteiger partial charge in [0.25, 0.3) is 5.91 Å². The van der Waals surface area contributed by atoms with Gasteiger partial charge >= 0.3 is 0 Å². The van der Waals surface area contributed by atoms with Crippen LogP contribution in [0.5, 0.6) is 5.75 Å². The third-order valence-corrected chi connectivity index (χ3v) is 3.63. The van der Waals surface area contributed by atoms with Gasteiger partial charge in [-0.05, 0) is 31.9 Å². The molecule has 0 spiro atoms. The highest BCUT2D eigenvalue weighted by Gasteiger charge is 2.24. The number of anilines is 1. The van der Waals surface area contributed by atoms with Gasteiger partial charge in [-0.15, -0.1) is 0 Å². The molecule has 0 aromatic heterocycles. The second kappa shape index (κ2) is 6.61. The number of carbonyl (C=O) groups excluding carboxylic acids is 1. The zero-order chi connectivity index (χ0) is 14.5. The number of likely N-dealkylation sites (N-methyl/N-ethyl adjacent to an activating group) is 1. The topological polar surface area (TPSA) is 64.8 Å². The molecule has 20 heavy (non-hydrogen) atoms. The van der Waals surface area contributed by atoms with E-state index in [1.54, 1.807) is 30.2 Å². The van der Waals surface area contributed by atoms with E-state index in [9.17, 15) is 4.79 Å². The number of hydrogen-bond donors (Lipinski definition) is 1. The Morgan fingerprint density at radius 3 is 2.95 bits per heavy atom. The molecule has 1 aliphatic heterocycles. The number of hydrogen-bond acceptors (Lipinski definition) is 4. The number of methoxy groups -OCH3 is 1. The molecule has 2 N–H and O–H groups in total. The highest BCUT2D eigenvalue weighted by atomic mass is 16.5. The van der Waals surface area contributed by atoms with Gasteiger partial charge in [0.2, 0.25) is 0 Å². The van der Waals surface area contributed by atoms with E-state index in [4.69, 9.17) is 15.2 Å². The minimum absolute atomic E-state index is 0.0700. The molecular weight excluding hydrogens is 256 g/mol. The zero-order valence-electron chi connectivity index (χ0n) is 12.1. The van der Waals surface area contributed by atoms with Crippen molar-refractivity contribution in [3.05, 3.63) is 23.8 Å². The van der Waals surface area contributed by atoms with Crippen molar-refractivity contribution in [1.29, 1.82) is 0 Å². The van der Waals surface area contributed by atoms with Crippen LogP contribution in [0.3, 0.4) is 0 Å². The van der Waals surface area contributed by atoms with Gasteiger partial charge in [-0.3, -0.25) is 4.79 Å². The van der Waals surface area contributed by atoms with E-state index in [1.807, 2.05) is 6.92 Å². The number of para-hydroxylation sites is 1. The Hall–Kier alpha value is -1.75. The van der Waals surface area contributed by atoms with Crippen LogP contribution in [-0.2, 0) is 4.74 Å². The summed E-state index contributed by atoms with van der Waals surface area (Å²) in [5.41, 5.74) is 6.88. The second-order valence-corrected chi connectivity index (χ2v) is 4.90. The number of carbonyl (C=O) groups is 1. The number of rotatable bonds is 5. The molecule has 5 heteroatoms. The monoisotopic (exact) mass is 278 g/mol. The van der Waals surface area contributed by atoms with Crippen LogP contribution in [0, 0.1) is 0 Å². The van der Waals surface area contributed by atoms with Gasteiger partial charge in [0, 0.05) is 19.7 Å². The normalized spacial score (nSPS) is 18.0. The first kappa shape index (κ1) is 14.7. The van der Waals surface area contributed by atoms with Crippen LogP contribution in [0.2, 0.25) is 0 Å². The maximum absolute atomic E-state index is 12.6. The first-order valence-electron chi connectivity index (χ1n) is 7.00. The predicted octanol–water partition coefficient (Wildman–Crippen LogP) is 1.92. The Morgan fingerprint density at radius 1 is 1.55 bits per heavy atom. The highest BCUT2D eigenvalue weighted by Crippen LogP contribution is 2.26.